The van der Waals surface area contributed by atoms with E-state index in [0.29, 0.717) is 12.2 Å². The van der Waals surface area contributed by atoms with E-state index in [1.165, 1.54) is 5.56 Å². The van der Waals surface area contributed by atoms with E-state index in [4.69, 9.17) is 9.84 Å². The number of carboxylic acids is 1. The number of rotatable bonds is 6. The lowest BCUT2D eigenvalue weighted by Crippen LogP contribution is -2.15. The Morgan fingerprint density at radius 1 is 1.31 bits per heavy atom. The molecule has 0 aliphatic heterocycles. The van der Waals surface area contributed by atoms with Crippen molar-refractivity contribution in [3.8, 4) is 0 Å². The highest BCUT2D eigenvalue weighted by atomic mass is 16.5. The molecule has 0 aliphatic carbocycles. The summed E-state index contributed by atoms with van der Waals surface area (Å²) in [6.45, 7) is 4.49. The molecule has 0 aliphatic rings. The van der Waals surface area contributed by atoms with Crippen LogP contribution in [0.25, 0.3) is 0 Å². The van der Waals surface area contributed by atoms with Crippen LogP contribution in [0, 0.1) is 0 Å². The monoisotopic (exact) mass is 222 g/mol. The minimum Gasteiger partial charge on any atom is -0.479 e. The Hall–Kier alpha value is -1.35. The molecule has 1 rings (SSSR count). The van der Waals surface area contributed by atoms with Gasteiger partial charge in [0, 0.05) is 6.61 Å². The average Bonchev–Trinajstić information content (AvgIpc) is 2.30. The molecule has 0 heterocycles. The van der Waals surface area contributed by atoms with Gasteiger partial charge >= 0.3 is 5.97 Å². The molecule has 88 valence electrons. The predicted octanol–water partition coefficient (Wildman–Crippen LogP) is 2.80. The molecular weight excluding hydrogens is 204 g/mol. The van der Waals surface area contributed by atoms with E-state index < -0.39 is 12.1 Å². The summed E-state index contributed by atoms with van der Waals surface area (Å²) in [5.41, 5.74) is 1.90. The molecule has 1 aromatic rings. The zero-order chi connectivity index (χ0) is 12.0. The Morgan fingerprint density at radius 2 is 1.94 bits per heavy atom. The number of carboxylic acid groups (broad SMARTS) is 1. The zero-order valence-corrected chi connectivity index (χ0v) is 9.77. The normalized spacial score (nSPS) is 12.4. The molecule has 16 heavy (non-hydrogen) atoms. The second kappa shape index (κ2) is 6.28. The van der Waals surface area contributed by atoms with Gasteiger partial charge in [0.15, 0.2) is 6.10 Å². The van der Waals surface area contributed by atoms with Crippen LogP contribution in [0.1, 0.15) is 37.5 Å². The fourth-order valence-electron chi connectivity index (χ4n) is 1.47. The summed E-state index contributed by atoms with van der Waals surface area (Å²) in [7, 11) is 0. The van der Waals surface area contributed by atoms with E-state index in [2.05, 4.69) is 6.92 Å². The van der Waals surface area contributed by atoms with Crippen LogP contribution in [-0.2, 0) is 16.0 Å². The van der Waals surface area contributed by atoms with Gasteiger partial charge in [-0.2, -0.15) is 0 Å². The molecular formula is C13H18O3. The van der Waals surface area contributed by atoms with Gasteiger partial charge in [0.2, 0.25) is 0 Å². The number of aryl methyl sites for hydroxylation is 1. The third-order valence-electron chi connectivity index (χ3n) is 2.40. The number of ether oxygens (including phenoxy) is 1. The van der Waals surface area contributed by atoms with E-state index >= 15 is 0 Å². The molecule has 1 atom stereocenters. The SMILES string of the molecule is CCCOC(C(=O)O)c1ccc(CC)cc1. The third kappa shape index (κ3) is 3.35. The topological polar surface area (TPSA) is 46.5 Å². The van der Waals surface area contributed by atoms with Crippen LogP contribution in [0.3, 0.4) is 0 Å². The van der Waals surface area contributed by atoms with Gasteiger partial charge in [-0.15, -0.1) is 0 Å². The summed E-state index contributed by atoms with van der Waals surface area (Å²) in [4.78, 5) is 11.0. The predicted molar refractivity (Wildman–Crippen MR) is 62.4 cm³/mol. The minimum absolute atomic E-state index is 0.465. The van der Waals surface area contributed by atoms with Crippen molar-refractivity contribution >= 4 is 5.97 Å². The summed E-state index contributed by atoms with van der Waals surface area (Å²) in [5.74, 6) is -0.933. The minimum atomic E-state index is -0.933. The maximum atomic E-state index is 11.0. The van der Waals surface area contributed by atoms with Crippen LogP contribution in [-0.4, -0.2) is 17.7 Å². The summed E-state index contributed by atoms with van der Waals surface area (Å²) in [6.07, 6.45) is 0.927. The Bertz CT molecular complexity index is 330. The lowest BCUT2D eigenvalue weighted by Gasteiger charge is -2.13. The first-order chi connectivity index (χ1) is 7.69. The van der Waals surface area contributed by atoms with Crippen molar-refractivity contribution in [2.75, 3.05) is 6.61 Å². The quantitative estimate of drug-likeness (QED) is 0.805. The Morgan fingerprint density at radius 3 is 2.38 bits per heavy atom. The first-order valence-corrected chi connectivity index (χ1v) is 5.62. The van der Waals surface area contributed by atoms with Crippen molar-refractivity contribution in [2.24, 2.45) is 0 Å². The van der Waals surface area contributed by atoms with Crippen molar-refractivity contribution in [3.63, 3.8) is 0 Å². The molecule has 0 bridgehead atoms. The van der Waals surface area contributed by atoms with Gasteiger partial charge in [0.05, 0.1) is 0 Å². The van der Waals surface area contributed by atoms with E-state index in [1.807, 2.05) is 31.2 Å². The molecule has 0 fully saturated rings. The molecule has 3 heteroatoms. The van der Waals surface area contributed by atoms with Crippen molar-refractivity contribution < 1.29 is 14.6 Å². The van der Waals surface area contributed by atoms with Crippen molar-refractivity contribution in [3.05, 3.63) is 35.4 Å². The third-order valence-corrected chi connectivity index (χ3v) is 2.40. The van der Waals surface area contributed by atoms with Crippen LogP contribution < -0.4 is 0 Å². The average molecular weight is 222 g/mol. The van der Waals surface area contributed by atoms with E-state index in [0.717, 1.165) is 12.8 Å². The highest BCUT2D eigenvalue weighted by Crippen LogP contribution is 2.18. The van der Waals surface area contributed by atoms with Crippen molar-refractivity contribution in [1.29, 1.82) is 0 Å². The number of aliphatic carboxylic acids is 1. The Balaban J connectivity index is 2.79. The summed E-state index contributed by atoms with van der Waals surface area (Å²) >= 11 is 0. The highest BCUT2D eigenvalue weighted by molar-refractivity contribution is 5.74. The van der Waals surface area contributed by atoms with Crippen LogP contribution >= 0.6 is 0 Å². The first kappa shape index (κ1) is 12.7. The molecule has 0 spiro atoms. The van der Waals surface area contributed by atoms with E-state index in [-0.39, 0.29) is 0 Å². The van der Waals surface area contributed by atoms with Gasteiger partial charge in [-0.05, 0) is 24.0 Å². The van der Waals surface area contributed by atoms with Crippen LogP contribution in [0.15, 0.2) is 24.3 Å². The lowest BCUT2D eigenvalue weighted by atomic mass is 10.1. The molecule has 1 unspecified atom stereocenters. The number of hydrogen-bond acceptors (Lipinski definition) is 2. The number of hydrogen-bond donors (Lipinski definition) is 1. The second-order valence-corrected chi connectivity index (χ2v) is 3.68. The van der Waals surface area contributed by atoms with Crippen molar-refractivity contribution in [2.45, 2.75) is 32.8 Å². The summed E-state index contributed by atoms with van der Waals surface area (Å²) < 4.78 is 5.31. The first-order valence-electron chi connectivity index (χ1n) is 5.62. The van der Waals surface area contributed by atoms with Crippen LogP contribution in [0.4, 0.5) is 0 Å². The standard InChI is InChI=1S/C13H18O3/c1-3-9-16-12(13(14)15)11-7-5-10(4-2)6-8-11/h5-8,12H,3-4,9H2,1-2H3,(H,14,15). The van der Waals surface area contributed by atoms with Gasteiger partial charge in [-0.3, -0.25) is 0 Å². The fourth-order valence-corrected chi connectivity index (χ4v) is 1.47. The zero-order valence-electron chi connectivity index (χ0n) is 9.77. The fraction of sp³-hybridized carbons (Fsp3) is 0.462. The molecule has 0 aromatic heterocycles. The largest absolute Gasteiger partial charge is 0.479 e. The molecule has 1 aromatic carbocycles. The molecule has 0 amide bonds. The molecule has 1 N–H and O–H groups in total. The molecule has 0 radical (unpaired) electrons. The number of carbonyl (C=O) groups is 1. The van der Waals surface area contributed by atoms with Crippen molar-refractivity contribution in [1.82, 2.24) is 0 Å². The molecule has 0 saturated carbocycles. The lowest BCUT2D eigenvalue weighted by molar-refractivity contribution is -0.150. The van der Waals surface area contributed by atoms with Gasteiger partial charge < -0.3 is 9.84 Å². The van der Waals surface area contributed by atoms with Gasteiger partial charge in [0.1, 0.15) is 0 Å². The van der Waals surface area contributed by atoms with Crippen LogP contribution in [0.2, 0.25) is 0 Å². The van der Waals surface area contributed by atoms with E-state index in [1.54, 1.807) is 0 Å². The van der Waals surface area contributed by atoms with Gasteiger partial charge in [-0.25, -0.2) is 4.79 Å². The van der Waals surface area contributed by atoms with Gasteiger partial charge in [-0.1, -0.05) is 38.1 Å². The summed E-state index contributed by atoms with van der Waals surface area (Å²) in [5, 5.41) is 9.05. The van der Waals surface area contributed by atoms with Crippen LogP contribution in [0.5, 0.6) is 0 Å². The smallest absolute Gasteiger partial charge is 0.337 e. The van der Waals surface area contributed by atoms with Gasteiger partial charge in [0.25, 0.3) is 0 Å². The Kier molecular flexibility index (Phi) is 4.99. The highest BCUT2D eigenvalue weighted by Gasteiger charge is 2.19. The Labute approximate surface area is 96.1 Å². The van der Waals surface area contributed by atoms with E-state index in [9.17, 15) is 4.79 Å². The molecule has 3 nitrogen and oxygen atoms in total. The summed E-state index contributed by atoms with van der Waals surface area (Å²) in [6, 6.07) is 7.54. The maximum Gasteiger partial charge on any atom is 0.337 e. The molecule has 0 saturated heterocycles. The maximum absolute atomic E-state index is 11.0. The second-order valence-electron chi connectivity index (χ2n) is 3.68. The number of benzene rings is 1.